The number of H-pyrrole nitrogens is 1. The average molecular weight is 440 g/mol. The molecule has 0 bridgehead atoms. The van der Waals surface area contributed by atoms with Gasteiger partial charge in [-0.25, -0.2) is 0 Å². The Labute approximate surface area is 191 Å². The summed E-state index contributed by atoms with van der Waals surface area (Å²) in [6, 6.07) is 8.15. The maximum Gasteiger partial charge on any atom is 0.307 e. The molecule has 0 saturated carbocycles. The molecule has 174 valence electrons. The third-order valence-corrected chi connectivity index (χ3v) is 6.26. The molecule has 3 rings (SSSR count). The number of oxazole rings is 1. The van der Waals surface area contributed by atoms with Crippen molar-refractivity contribution in [1.82, 2.24) is 9.97 Å². The number of benzene rings is 1. The van der Waals surface area contributed by atoms with Crippen LogP contribution in [0.15, 0.2) is 34.9 Å². The lowest BCUT2D eigenvalue weighted by Crippen LogP contribution is -2.26. The van der Waals surface area contributed by atoms with E-state index in [0.29, 0.717) is 12.2 Å². The van der Waals surface area contributed by atoms with Crippen LogP contribution in [0, 0.1) is 0 Å². The number of aromatic amines is 1. The van der Waals surface area contributed by atoms with E-state index in [1.807, 2.05) is 37.4 Å². The predicted molar refractivity (Wildman–Crippen MR) is 129 cm³/mol. The van der Waals surface area contributed by atoms with Crippen molar-refractivity contribution in [2.75, 3.05) is 11.9 Å². The van der Waals surface area contributed by atoms with Gasteiger partial charge in [0.1, 0.15) is 0 Å². The van der Waals surface area contributed by atoms with Crippen LogP contribution in [0.4, 0.5) is 6.01 Å². The van der Waals surface area contributed by atoms with Crippen molar-refractivity contribution in [3.05, 3.63) is 41.8 Å². The summed E-state index contributed by atoms with van der Waals surface area (Å²) in [6.45, 7) is 4.20. The third kappa shape index (κ3) is 5.93. The minimum atomic E-state index is -0.201. The molecule has 1 atom stereocenters. The van der Waals surface area contributed by atoms with Gasteiger partial charge in [-0.1, -0.05) is 83.4 Å². The quantitative estimate of drug-likeness (QED) is 0.284. The number of unbranched alkanes of at least 4 members (excludes halogenated alkanes) is 8. The molecule has 2 aromatic heterocycles. The number of nitrogens with zero attached hydrogens (tertiary/aromatic N) is 2. The van der Waals surface area contributed by atoms with Crippen molar-refractivity contribution < 1.29 is 14.3 Å². The molecular formula is C26H37N3O3. The number of carbonyl (C=O) groups is 1. The van der Waals surface area contributed by atoms with Crippen LogP contribution in [-0.4, -0.2) is 28.0 Å². The number of aromatic hydroxyl groups is 1. The van der Waals surface area contributed by atoms with Crippen molar-refractivity contribution in [2.24, 2.45) is 0 Å². The second-order valence-corrected chi connectivity index (χ2v) is 8.73. The molecule has 0 aliphatic heterocycles. The van der Waals surface area contributed by atoms with Gasteiger partial charge in [0.2, 0.25) is 5.91 Å². The van der Waals surface area contributed by atoms with Crippen LogP contribution in [0.5, 0.6) is 5.88 Å². The molecule has 0 spiro atoms. The third-order valence-electron chi connectivity index (χ3n) is 6.26. The molecule has 0 unspecified atom stereocenters. The Morgan fingerprint density at radius 1 is 1.09 bits per heavy atom. The highest BCUT2D eigenvalue weighted by atomic mass is 16.4. The van der Waals surface area contributed by atoms with Crippen LogP contribution >= 0.6 is 0 Å². The first kappa shape index (κ1) is 23.9. The monoisotopic (exact) mass is 439 g/mol. The molecule has 2 N–H and O–H groups in total. The molecule has 3 aromatic rings. The highest BCUT2D eigenvalue weighted by Gasteiger charge is 2.25. The molecule has 1 amide bonds. The van der Waals surface area contributed by atoms with Crippen LogP contribution in [-0.2, 0) is 4.79 Å². The number of amides is 1. The van der Waals surface area contributed by atoms with Crippen LogP contribution in [0.2, 0.25) is 0 Å². The van der Waals surface area contributed by atoms with Crippen molar-refractivity contribution >= 4 is 22.8 Å². The molecule has 2 heterocycles. The lowest BCUT2D eigenvalue weighted by Gasteiger charge is -2.12. The Kier molecular flexibility index (Phi) is 8.77. The molecule has 32 heavy (non-hydrogen) atoms. The van der Waals surface area contributed by atoms with Crippen molar-refractivity contribution in [3.8, 4) is 5.88 Å². The number of hydrogen-bond acceptors (Lipinski definition) is 4. The van der Waals surface area contributed by atoms with Gasteiger partial charge in [-0.05, 0) is 18.1 Å². The molecule has 0 aliphatic carbocycles. The van der Waals surface area contributed by atoms with E-state index in [0.717, 1.165) is 29.3 Å². The van der Waals surface area contributed by atoms with Gasteiger partial charge < -0.3 is 14.5 Å². The van der Waals surface area contributed by atoms with Crippen LogP contribution < -0.4 is 4.90 Å². The first-order valence-electron chi connectivity index (χ1n) is 12.0. The van der Waals surface area contributed by atoms with E-state index >= 15 is 0 Å². The van der Waals surface area contributed by atoms with Crippen molar-refractivity contribution in [1.29, 1.82) is 0 Å². The lowest BCUT2D eigenvalue weighted by molar-refractivity contribution is -0.118. The minimum absolute atomic E-state index is 0.0412. The van der Waals surface area contributed by atoms with Crippen molar-refractivity contribution in [2.45, 2.75) is 84.0 Å². The molecule has 1 aromatic carbocycles. The van der Waals surface area contributed by atoms with E-state index in [2.05, 4.69) is 16.9 Å². The predicted octanol–water partition coefficient (Wildman–Crippen LogP) is 6.90. The number of rotatable bonds is 13. The van der Waals surface area contributed by atoms with Gasteiger partial charge in [-0.15, -0.1) is 0 Å². The number of fused-ring (bicyclic) bond motifs is 1. The number of hydrogen-bond donors (Lipinski definition) is 2. The Hall–Kier alpha value is -2.76. The normalized spacial score (nSPS) is 12.3. The van der Waals surface area contributed by atoms with Gasteiger partial charge in [0.15, 0.2) is 5.76 Å². The van der Waals surface area contributed by atoms with Crippen LogP contribution in [0.25, 0.3) is 10.9 Å². The fraction of sp³-hybridized carbons (Fsp3) is 0.538. The Morgan fingerprint density at radius 3 is 2.47 bits per heavy atom. The molecule has 6 nitrogen and oxygen atoms in total. The van der Waals surface area contributed by atoms with E-state index in [1.165, 1.54) is 49.8 Å². The summed E-state index contributed by atoms with van der Waals surface area (Å²) < 4.78 is 5.85. The van der Waals surface area contributed by atoms with Crippen LogP contribution in [0.3, 0.4) is 0 Å². The summed E-state index contributed by atoms with van der Waals surface area (Å²) in [5, 5.41) is 11.5. The molecule has 0 aliphatic rings. The maximum atomic E-state index is 12.6. The molecule has 0 saturated heterocycles. The summed E-state index contributed by atoms with van der Waals surface area (Å²) >= 11 is 0. The average Bonchev–Trinajstić information content (AvgIpc) is 3.40. The second kappa shape index (κ2) is 11.7. The number of nitrogens with one attached hydrogen (secondary N) is 1. The number of anilines is 1. The number of para-hydroxylation sites is 1. The maximum absolute atomic E-state index is 12.6. The highest BCUT2D eigenvalue weighted by Crippen LogP contribution is 2.37. The van der Waals surface area contributed by atoms with E-state index in [-0.39, 0.29) is 23.7 Å². The largest absolute Gasteiger partial charge is 0.491 e. The molecular weight excluding hydrogens is 402 g/mol. The van der Waals surface area contributed by atoms with Gasteiger partial charge in [0.05, 0.1) is 0 Å². The summed E-state index contributed by atoms with van der Waals surface area (Å²) in [4.78, 5) is 21.4. The van der Waals surface area contributed by atoms with E-state index in [4.69, 9.17) is 4.42 Å². The van der Waals surface area contributed by atoms with Gasteiger partial charge in [-0.3, -0.25) is 9.69 Å². The summed E-state index contributed by atoms with van der Waals surface area (Å²) in [5.74, 6) is -0.0401. The SMILES string of the molecule is CCCCCCCCCCCC(=O)N(C)c1nc(O)c([C@H](C)c2c[nH]c3ccccc23)o1. The highest BCUT2D eigenvalue weighted by molar-refractivity contribution is 5.90. The minimum Gasteiger partial charge on any atom is -0.491 e. The number of aromatic nitrogens is 2. The fourth-order valence-corrected chi connectivity index (χ4v) is 4.19. The zero-order chi connectivity index (χ0) is 22.9. The first-order chi connectivity index (χ1) is 15.5. The van der Waals surface area contributed by atoms with Gasteiger partial charge in [0.25, 0.3) is 5.88 Å². The van der Waals surface area contributed by atoms with Crippen molar-refractivity contribution in [3.63, 3.8) is 0 Å². The Bertz CT molecular complexity index is 991. The molecule has 6 heteroatoms. The van der Waals surface area contributed by atoms with E-state index in [1.54, 1.807) is 7.05 Å². The summed E-state index contributed by atoms with van der Waals surface area (Å²) in [6.07, 6.45) is 13.3. The Balaban J connectivity index is 1.50. The van der Waals surface area contributed by atoms with Crippen LogP contribution in [0.1, 0.15) is 95.3 Å². The van der Waals surface area contributed by atoms with E-state index < -0.39 is 0 Å². The van der Waals surface area contributed by atoms with Gasteiger partial charge in [-0.2, -0.15) is 4.98 Å². The smallest absolute Gasteiger partial charge is 0.307 e. The standard InChI is InChI=1S/C26H37N3O3/c1-4-5-6-7-8-9-10-11-12-17-23(30)29(3)26-28-25(31)24(32-26)19(2)21-18-27-22-16-14-13-15-20(21)22/h13-16,18-19,27,31H,4-12,17H2,1-3H3/t19-/m1/s1. The van der Waals surface area contributed by atoms with Gasteiger partial charge >= 0.3 is 6.01 Å². The second-order valence-electron chi connectivity index (χ2n) is 8.73. The zero-order valence-corrected chi connectivity index (χ0v) is 19.7. The Morgan fingerprint density at radius 2 is 1.75 bits per heavy atom. The van der Waals surface area contributed by atoms with E-state index in [9.17, 15) is 9.90 Å². The topological polar surface area (TPSA) is 82.4 Å². The molecule has 0 radical (unpaired) electrons. The summed E-state index contributed by atoms with van der Waals surface area (Å²) in [5.41, 5.74) is 2.05. The molecule has 0 fully saturated rings. The lowest BCUT2D eigenvalue weighted by atomic mass is 9.98. The van der Waals surface area contributed by atoms with Gasteiger partial charge in [0, 0.05) is 36.5 Å². The number of carbonyl (C=O) groups excluding carboxylic acids is 1. The first-order valence-corrected chi connectivity index (χ1v) is 12.0. The summed E-state index contributed by atoms with van der Waals surface area (Å²) in [7, 11) is 1.65. The zero-order valence-electron chi connectivity index (χ0n) is 19.7. The fourth-order valence-electron chi connectivity index (χ4n) is 4.19.